The summed E-state index contributed by atoms with van der Waals surface area (Å²) in [6, 6.07) is 7.20. The van der Waals surface area contributed by atoms with Gasteiger partial charge in [-0.05, 0) is 24.7 Å². The van der Waals surface area contributed by atoms with Crippen molar-refractivity contribution in [3.63, 3.8) is 0 Å². The fourth-order valence-corrected chi connectivity index (χ4v) is 1.91. The molecule has 0 aliphatic carbocycles. The molecule has 0 saturated carbocycles. The molecule has 98 valence electrons. The lowest BCUT2D eigenvalue weighted by Gasteiger charge is -2.14. The normalized spacial score (nSPS) is 10.8. The zero-order chi connectivity index (χ0) is 13.8. The summed E-state index contributed by atoms with van der Waals surface area (Å²) < 4.78 is 4.91. The van der Waals surface area contributed by atoms with Crippen LogP contribution in [0, 0.1) is 11.3 Å². The Bertz CT molecular complexity index is 693. The van der Waals surface area contributed by atoms with E-state index in [2.05, 4.69) is 4.98 Å². The number of aromatic nitrogens is 1. The summed E-state index contributed by atoms with van der Waals surface area (Å²) in [6.45, 7) is 0.786. The molecule has 0 aliphatic rings. The number of hydrogen-bond acceptors (Lipinski definition) is 5. The molecule has 0 aliphatic heterocycles. The lowest BCUT2D eigenvalue weighted by Crippen LogP contribution is -2.25. The van der Waals surface area contributed by atoms with Crippen LogP contribution in [0.1, 0.15) is 12.0 Å². The molecule has 6 heteroatoms. The van der Waals surface area contributed by atoms with Crippen molar-refractivity contribution in [1.82, 2.24) is 9.88 Å². The van der Waals surface area contributed by atoms with Crippen LogP contribution in [0.3, 0.4) is 0 Å². The number of carbonyl (C=O) groups is 1. The molecule has 2 rings (SSSR count). The van der Waals surface area contributed by atoms with Gasteiger partial charge in [-0.25, -0.2) is 4.79 Å². The SMILES string of the molecule is CN(CC(=O)CC#N)Cc1ccc2oc(=O)[nH]c2c1. The molecule has 1 heterocycles. The third-order valence-electron chi connectivity index (χ3n) is 2.66. The first kappa shape index (κ1) is 13.1. The van der Waals surface area contributed by atoms with Crippen LogP contribution in [0.25, 0.3) is 11.1 Å². The van der Waals surface area contributed by atoms with E-state index in [1.165, 1.54) is 0 Å². The number of oxazole rings is 1. The number of nitrogens with zero attached hydrogens (tertiary/aromatic N) is 2. The van der Waals surface area contributed by atoms with Gasteiger partial charge >= 0.3 is 5.76 Å². The Hall–Kier alpha value is -2.39. The minimum atomic E-state index is -0.482. The van der Waals surface area contributed by atoms with Gasteiger partial charge in [-0.2, -0.15) is 5.26 Å². The van der Waals surface area contributed by atoms with Gasteiger partial charge in [0.15, 0.2) is 11.4 Å². The molecule has 0 amide bonds. The maximum atomic E-state index is 11.3. The van der Waals surface area contributed by atoms with Crippen molar-refractivity contribution in [3.05, 3.63) is 34.3 Å². The number of nitrogens with one attached hydrogen (secondary N) is 1. The molecule has 1 aromatic carbocycles. The maximum Gasteiger partial charge on any atom is 0.417 e. The summed E-state index contributed by atoms with van der Waals surface area (Å²) in [4.78, 5) is 26.8. The number of nitriles is 1. The lowest BCUT2D eigenvalue weighted by atomic mass is 10.2. The first-order valence-electron chi connectivity index (χ1n) is 5.77. The first-order chi connectivity index (χ1) is 9.08. The third kappa shape index (κ3) is 3.30. The van der Waals surface area contributed by atoms with Gasteiger partial charge in [0, 0.05) is 6.54 Å². The Balaban J connectivity index is 2.06. The molecule has 0 spiro atoms. The predicted molar refractivity (Wildman–Crippen MR) is 68.4 cm³/mol. The summed E-state index contributed by atoms with van der Waals surface area (Å²) in [5, 5.41) is 8.43. The lowest BCUT2D eigenvalue weighted by molar-refractivity contribution is -0.119. The number of benzene rings is 1. The van der Waals surface area contributed by atoms with E-state index in [1.54, 1.807) is 13.1 Å². The van der Waals surface area contributed by atoms with Crippen molar-refractivity contribution < 1.29 is 9.21 Å². The fourth-order valence-electron chi connectivity index (χ4n) is 1.91. The summed E-state index contributed by atoms with van der Waals surface area (Å²) >= 11 is 0. The molecule has 0 bridgehead atoms. The number of H-pyrrole nitrogens is 1. The largest absolute Gasteiger partial charge is 0.417 e. The van der Waals surface area contributed by atoms with Crippen LogP contribution in [0.2, 0.25) is 0 Å². The number of fused-ring (bicyclic) bond motifs is 1. The van der Waals surface area contributed by atoms with Crippen molar-refractivity contribution >= 4 is 16.9 Å². The highest BCUT2D eigenvalue weighted by Gasteiger charge is 2.08. The zero-order valence-corrected chi connectivity index (χ0v) is 10.5. The number of carbonyl (C=O) groups excluding carboxylic acids is 1. The third-order valence-corrected chi connectivity index (χ3v) is 2.66. The Morgan fingerprint density at radius 2 is 2.32 bits per heavy atom. The molecule has 0 fully saturated rings. The number of Topliss-reactive ketones (excluding diaryl/α,β-unsaturated/α-hetero) is 1. The van der Waals surface area contributed by atoms with Crippen LogP contribution in [0.15, 0.2) is 27.4 Å². The van der Waals surface area contributed by atoms with Crippen LogP contribution in [-0.4, -0.2) is 29.3 Å². The second-order valence-electron chi connectivity index (χ2n) is 4.39. The Morgan fingerprint density at radius 3 is 3.05 bits per heavy atom. The second-order valence-corrected chi connectivity index (χ2v) is 4.39. The van der Waals surface area contributed by atoms with Gasteiger partial charge in [0.05, 0.1) is 24.6 Å². The van der Waals surface area contributed by atoms with E-state index < -0.39 is 5.76 Å². The molecule has 2 aromatic rings. The Kier molecular flexibility index (Phi) is 3.78. The van der Waals surface area contributed by atoms with Gasteiger partial charge < -0.3 is 4.42 Å². The monoisotopic (exact) mass is 259 g/mol. The average Bonchev–Trinajstić information content (AvgIpc) is 2.68. The van der Waals surface area contributed by atoms with Gasteiger partial charge in [-0.3, -0.25) is 14.7 Å². The van der Waals surface area contributed by atoms with Crippen LogP contribution in [0.4, 0.5) is 0 Å². The van der Waals surface area contributed by atoms with Crippen molar-refractivity contribution in [2.75, 3.05) is 13.6 Å². The van der Waals surface area contributed by atoms with E-state index in [4.69, 9.17) is 9.68 Å². The predicted octanol–water partition coefficient (Wildman–Crippen LogP) is 1.04. The van der Waals surface area contributed by atoms with Gasteiger partial charge in [0.25, 0.3) is 0 Å². The molecule has 6 nitrogen and oxygen atoms in total. The van der Waals surface area contributed by atoms with E-state index in [9.17, 15) is 9.59 Å². The van der Waals surface area contributed by atoms with Gasteiger partial charge in [0.2, 0.25) is 0 Å². The minimum absolute atomic E-state index is 0.0710. The van der Waals surface area contributed by atoms with Crippen LogP contribution in [0.5, 0.6) is 0 Å². The maximum absolute atomic E-state index is 11.3. The molecular formula is C13H13N3O3. The quantitative estimate of drug-likeness (QED) is 0.866. The summed E-state index contributed by atoms with van der Waals surface area (Å²) in [6.07, 6.45) is -0.0710. The first-order valence-corrected chi connectivity index (χ1v) is 5.77. The molecule has 1 N–H and O–H groups in total. The second kappa shape index (κ2) is 5.50. The molecular weight excluding hydrogens is 246 g/mol. The van der Waals surface area contributed by atoms with Gasteiger partial charge in [-0.1, -0.05) is 6.07 Å². The van der Waals surface area contributed by atoms with E-state index >= 15 is 0 Å². The van der Waals surface area contributed by atoms with Crippen LogP contribution >= 0.6 is 0 Å². The number of hydrogen-bond donors (Lipinski definition) is 1. The topological polar surface area (TPSA) is 90.1 Å². The highest BCUT2D eigenvalue weighted by molar-refractivity contribution is 5.82. The number of likely N-dealkylation sites (N-methyl/N-ethyl adjacent to an activating group) is 1. The van der Waals surface area contributed by atoms with Crippen molar-refractivity contribution in [2.45, 2.75) is 13.0 Å². The van der Waals surface area contributed by atoms with Crippen LogP contribution in [-0.2, 0) is 11.3 Å². The Morgan fingerprint density at radius 1 is 1.53 bits per heavy atom. The molecule has 19 heavy (non-hydrogen) atoms. The van der Waals surface area contributed by atoms with Crippen molar-refractivity contribution in [1.29, 1.82) is 5.26 Å². The van der Waals surface area contributed by atoms with Crippen molar-refractivity contribution in [2.24, 2.45) is 0 Å². The smallest absolute Gasteiger partial charge is 0.408 e. The molecule has 0 atom stereocenters. The van der Waals surface area contributed by atoms with Crippen LogP contribution < -0.4 is 5.76 Å². The highest BCUT2D eigenvalue weighted by Crippen LogP contribution is 2.13. The molecule has 0 saturated heterocycles. The Labute approximate surface area is 109 Å². The average molecular weight is 259 g/mol. The number of rotatable bonds is 5. The summed E-state index contributed by atoms with van der Waals surface area (Å²) in [7, 11) is 1.80. The highest BCUT2D eigenvalue weighted by atomic mass is 16.4. The summed E-state index contributed by atoms with van der Waals surface area (Å²) in [5.74, 6) is -0.590. The van der Waals surface area contributed by atoms with E-state index in [-0.39, 0.29) is 18.7 Å². The minimum Gasteiger partial charge on any atom is -0.408 e. The van der Waals surface area contributed by atoms with E-state index in [1.807, 2.05) is 23.1 Å². The standard InChI is InChI=1S/C13H13N3O3/c1-16(8-10(17)4-5-14)7-9-2-3-12-11(6-9)15-13(18)19-12/h2-3,6H,4,7-8H2,1H3,(H,15,18). The van der Waals surface area contributed by atoms with Gasteiger partial charge in [0.1, 0.15) is 0 Å². The number of aromatic amines is 1. The molecule has 0 unspecified atom stereocenters. The fraction of sp³-hybridized carbons (Fsp3) is 0.308. The number of ketones is 1. The molecule has 0 radical (unpaired) electrons. The summed E-state index contributed by atoms with van der Waals surface area (Å²) in [5.41, 5.74) is 2.10. The van der Waals surface area contributed by atoms with E-state index in [0.29, 0.717) is 17.6 Å². The van der Waals surface area contributed by atoms with Gasteiger partial charge in [-0.15, -0.1) is 0 Å². The van der Waals surface area contributed by atoms with E-state index in [0.717, 1.165) is 5.56 Å². The zero-order valence-electron chi connectivity index (χ0n) is 10.5. The molecule has 1 aromatic heterocycles. The van der Waals surface area contributed by atoms with Crippen molar-refractivity contribution in [3.8, 4) is 6.07 Å².